The summed E-state index contributed by atoms with van der Waals surface area (Å²) >= 11 is 0. The molecule has 0 spiro atoms. The first kappa shape index (κ1) is 14.2. The van der Waals surface area contributed by atoms with Gasteiger partial charge in [0.05, 0.1) is 12.3 Å². The zero-order valence-electron chi connectivity index (χ0n) is 11.9. The van der Waals surface area contributed by atoms with Crippen LogP contribution in [-0.4, -0.2) is 27.9 Å². The predicted octanol–water partition coefficient (Wildman–Crippen LogP) is 2.82. The molecule has 0 unspecified atom stereocenters. The maximum absolute atomic E-state index is 11.1. The van der Waals surface area contributed by atoms with Crippen LogP contribution in [0.3, 0.4) is 0 Å². The Bertz CT molecular complexity index is 578. The molecule has 0 saturated heterocycles. The number of ether oxygens (including phenoxy) is 1. The molecular weight excluding hydrogens is 254 g/mol. The third-order valence-electron chi connectivity index (χ3n) is 2.95. The van der Waals surface area contributed by atoms with E-state index >= 15 is 0 Å². The number of carbonyl (C=O) groups excluding carboxylic acids is 1. The van der Waals surface area contributed by atoms with Gasteiger partial charge in [0.25, 0.3) is 0 Å². The Hall–Kier alpha value is -2.17. The summed E-state index contributed by atoms with van der Waals surface area (Å²) in [6, 6.07) is 7.67. The number of carbonyl (C=O) groups is 1. The quantitative estimate of drug-likeness (QED) is 0.728. The van der Waals surface area contributed by atoms with Crippen molar-refractivity contribution in [2.24, 2.45) is 0 Å². The molecule has 106 valence electrons. The van der Waals surface area contributed by atoms with E-state index in [4.69, 9.17) is 4.74 Å². The highest BCUT2D eigenvalue weighted by Gasteiger charge is 2.15. The number of aldehydes is 1. The zero-order chi connectivity index (χ0) is 14.4. The molecule has 0 bridgehead atoms. The van der Waals surface area contributed by atoms with E-state index in [1.807, 2.05) is 24.3 Å². The first-order chi connectivity index (χ1) is 9.81. The highest BCUT2D eigenvalue weighted by molar-refractivity contribution is 5.73. The van der Waals surface area contributed by atoms with Crippen molar-refractivity contribution in [1.82, 2.24) is 15.0 Å². The van der Waals surface area contributed by atoms with Gasteiger partial charge in [-0.15, -0.1) is 5.10 Å². The smallest absolute Gasteiger partial charge is 0.172 e. The lowest BCUT2D eigenvalue weighted by molar-refractivity contribution is 0.111. The third kappa shape index (κ3) is 2.87. The number of aromatic nitrogens is 3. The molecule has 5 heteroatoms. The third-order valence-corrected chi connectivity index (χ3v) is 2.95. The van der Waals surface area contributed by atoms with Crippen molar-refractivity contribution < 1.29 is 9.53 Å². The van der Waals surface area contributed by atoms with Crippen LogP contribution in [0.1, 0.15) is 42.9 Å². The Morgan fingerprint density at radius 2 is 2.05 bits per heavy atom. The van der Waals surface area contributed by atoms with Gasteiger partial charge >= 0.3 is 0 Å². The van der Waals surface area contributed by atoms with Crippen LogP contribution in [0.15, 0.2) is 24.3 Å². The molecule has 0 aliphatic heterocycles. The second kappa shape index (κ2) is 6.84. The summed E-state index contributed by atoms with van der Waals surface area (Å²) in [6.45, 7) is 4.77. The topological polar surface area (TPSA) is 57.0 Å². The van der Waals surface area contributed by atoms with Crippen molar-refractivity contribution in [3.8, 4) is 11.4 Å². The SMILES string of the molecule is CCCOc1ccccc1-n1nnc(C=O)c1CCC. The number of nitrogens with zero attached hydrogens (tertiary/aromatic N) is 3. The van der Waals surface area contributed by atoms with E-state index in [0.29, 0.717) is 12.3 Å². The van der Waals surface area contributed by atoms with Gasteiger partial charge in [-0.2, -0.15) is 0 Å². The molecule has 0 saturated carbocycles. The molecule has 2 aromatic rings. The van der Waals surface area contributed by atoms with Crippen LogP contribution in [0.5, 0.6) is 5.75 Å². The molecule has 0 radical (unpaired) electrons. The molecule has 0 aliphatic rings. The highest BCUT2D eigenvalue weighted by Crippen LogP contribution is 2.24. The van der Waals surface area contributed by atoms with E-state index in [1.54, 1.807) is 4.68 Å². The monoisotopic (exact) mass is 273 g/mol. The number of benzene rings is 1. The van der Waals surface area contributed by atoms with Gasteiger partial charge in [0, 0.05) is 0 Å². The minimum atomic E-state index is 0.400. The number of rotatable bonds is 7. The molecule has 2 rings (SSSR count). The lowest BCUT2D eigenvalue weighted by atomic mass is 10.2. The summed E-state index contributed by atoms with van der Waals surface area (Å²) in [7, 11) is 0. The fourth-order valence-electron chi connectivity index (χ4n) is 2.04. The summed E-state index contributed by atoms with van der Waals surface area (Å²) in [5, 5.41) is 8.04. The van der Waals surface area contributed by atoms with Gasteiger partial charge in [0.15, 0.2) is 6.29 Å². The number of hydrogen-bond donors (Lipinski definition) is 0. The largest absolute Gasteiger partial charge is 0.491 e. The van der Waals surface area contributed by atoms with Crippen molar-refractivity contribution in [2.45, 2.75) is 33.1 Å². The van der Waals surface area contributed by atoms with Gasteiger partial charge in [0.2, 0.25) is 0 Å². The molecule has 5 nitrogen and oxygen atoms in total. The first-order valence-electron chi connectivity index (χ1n) is 6.93. The van der Waals surface area contributed by atoms with Crippen LogP contribution in [0.25, 0.3) is 5.69 Å². The summed E-state index contributed by atoms with van der Waals surface area (Å²) in [5.74, 6) is 0.758. The lowest BCUT2D eigenvalue weighted by Crippen LogP contribution is -2.07. The van der Waals surface area contributed by atoms with Gasteiger partial charge in [-0.1, -0.05) is 37.6 Å². The number of hydrogen-bond acceptors (Lipinski definition) is 4. The van der Waals surface area contributed by atoms with E-state index in [1.165, 1.54) is 0 Å². The van der Waals surface area contributed by atoms with Crippen LogP contribution >= 0.6 is 0 Å². The normalized spacial score (nSPS) is 10.5. The zero-order valence-corrected chi connectivity index (χ0v) is 11.9. The molecule has 0 N–H and O–H groups in total. The molecule has 1 aromatic carbocycles. The van der Waals surface area contributed by atoms with E-state index in [0.717, 1.165) is 42.7 Å². The Morgan fingerprint density at radius 1 is 1.25 bits per heavy atom. The molecule has 0 aliphatic carbocycles. The van der Waals surface area contributed by atoms with Crippen LogP contribution in [0.2, 0.25) is 0 Å². The van der Waals surface area contributed by atoms with Crippen molar-refractivity contribution in [1.29, 1.82) is 0 Å². The maximum Gasteiger partial charge on any atom is 0.172 e. The van der Waals surface area contributed by atoms with Crippen molar-refractivity contribution in [3.05, 3.63) is 35.7 Å². The summed E-state index contributed by atoms with van der Waals surface area (Å²) in [6.07, 6.45) is 3.37. The first-order valence-corrected chi connectivity index (χ1v) is 6.93. The molecular formula is C15H19N3O2. The summed E-state index contributed by atoms with van der Waals surface area (Å²) in [5.41, 5.74) is 2.05. The predicted molar refractivity (Wildman–Crippen MR) is 76.5 cm³/mol. The minimum absolute atomic E-state index is 0.400. The Kier molecular flexibility index (Phi) is 4.87. The van der Waals surface area contributed by atoms with Gasteiger partial charge in [-0.05, 0) is 25.0 Å². The molecule has 20 heavy (non-hydrogen) atoms. The molecule has 0 fully saturated rings. The van der Waals surface area contributed by atoms with Crippen molar-refractivity contribution >= 4 is 6.29 Å². The highest BCUT2D eigenvalue weighted by atomic mass is 16.5. The van der Waals surface area contributed by atoms with E-state index in [2.05, 4.69) is 24.2 Å². The fourth-order valence-corrected chi connectivity index (χ4v) is 2.04. The Labute approximate surface area is 118 Å². The molecule has 0 amide bonds. The Balaban J connectivity index is 2.45. The average molecular weight is 273 g/mol. The van der Waals surface area contributed by atoms with Gasteiger partial charge in [-0.25, -0.2) is 4.68 Å². The molecule has 1 aromatic heterocycles. The van der Waals surface area contributed by atoms with Crippen molar-refractivity contribution in [2.75, 3.05) is 6.61 Å². The van der Waals surface area contributed by atoms with Gasteiger partial charge < -0.3 is 4.74 Å². The van der Waals surface area contributed by atoms with E-state index < -0.39 is 0 Å². The Morgan fingerprint density at radius 3 is 2.75 bits per heavy atom. The molecule has 0 atom stereocenters. The van der Waals surface area contributed by atoms with Crippen LogP contribution in [0, 0.1) is 0 Å². The van der Waals surface area contributed by atoms with E-state index in [-0.39, 0.29) is 0 Å². The van der Waals surface area contributed by atoms with Crippen LogP contribution < -0.4 is 4.74 Å². The summed E-state index contributed by atoms with van der Waals surface area (Å²) < 4.78 is 7.45. The van der Waals surface area contributed by atoms with Crippen LogP contribution in [-0.2, 0) is 6.42 Å². The van der Waals surface area contributed by atoms with Gasteiger partial charge in [-0.3, -0.25) is 4.79 Å². The molecule has 1 heterocycles. The summed E-state index contributed by atoms with van der Waals surface area (Å²) in [4.78, 5) is 11.1. The second-order valence-electron chi connectivity index (χ2n) is 4.52. The van der Waals surface area contributed by atoms with E-state index in [9.17, 15) is 4.79 Å². The van der Waals surface area contributed by atoms with Crippen molar-refractivity contribution in [3.63, 3.8) is 0 Å². The number of para-hydroxylation sites is 2. The standard InChI is InChI=1S/C15H19N3O2/c1-3-7-13-12(11-19)16-17-18(13)14-8-5-6-9-15(14)20-10-4-2/h5-6,8-9,11H,3-4,7,10H2,1-2H3. The minimum Gasteiger partial charge on any atom is -0.491 e. The van der Waals surface area contributed by atoms with Gasteiger partial charge in [0.1, 0.15) is 17.1 Å². The maximum atomic E-state index is 11.1. The second-order valence-corrected chi connectivity index (χ2v) is 4.52. The lowest BCUT2D eigenvalue weighted by Gasteiger charge is -2.12. The van der Waals surface area contributed by atoms with Crippen LogP contribution in [0.4, 0.5) is 0 Å². The fraction of sp³-hybridized carbons (Fsp3) is 0.400. The average Bonchev–Trinajstić information content (AvgIpc) is 2.88.